The van der Waals surface area contributed by atoms with E-state index in [-0.39, 0.29) is 11.8 Å². The standard InChI is InChI=1S/C24H22F3N3O3S/c1-13(21-9-10-22(34-21)15-7-5-6-8-18(15)33-24(25,26)27)28-23-16-11-19(31-3)20(32-4)12-17(16)29-14(2)30-23/h5-13H,1-4H3,(H,28,29,30). The molecular weight excluding hydrogens is 467 g/mol. The van der Waals surface area contributed by atoms with Crippen LogP contribution in [0.4, 0.5) is 19.0 Å². The molecule has 2 aromatic carbocycles. The van der Waals surface area contributed by atoms with Gasteiger partial charge in [-0.25, -0.2) is 9.97 Å². The van der Waals surface area contributed by atoms with Crippen molar-refractivity contribution < 1.29 is 27.4 Å². The van der Waals surface area contributed by atoms with Crippen LogP contribution in [0, 0.1) is 6.92 Å². The molecule has 0 spiro atoms. The molecule has 34 heavy (non-hydrogen) atoms. The molecule has 2 heterocycles. The van der Waals surface area contributed by atoms with Crippen LogP contribution in [0.2, 0.25) is 0 Å². The predicted molar refractivity (Wildman–Crippen MR) is 126 cm³/mol. The number of nitrogens with zero attached hydrogens (tertiary/aromatic N) is 2. The smallest absolute Gasteiger partial charge is 0.493 e. The molecule has 1 unspecified atom stereocenters. The summed E-state index contributed by atoms with van der Waals surface area (Å²) in [6.45, 7) is 3.75. The van der Waals surface area contributed by atoms with Gasteiger partial charge in [-0.15, -0.1) is 24.5 Å². The van der Waals surface area contributed by atoms with E-state index in [4.69, 9.17) is 9.47 Å². The molecule has 4 rings (SSSR count). The summed E-state index contributed by atoms with van der Waals surface area (Å²) < 4.78 is 53.5. The third kappa shape index (κ3) is 5.01. The minimum absolute atomic E-state index is 0.181. The highest BCUT2D eigenvalue weighted by Crippen LogP contribution is 2.40. The van der Waals surface area contributed by atoms with Crippen LogP contribution in [0.25, 0.3) is 21.3 Å². The first kappa shape index (κ1) is 23.6. The number of aryl methyl sites for hydroxylation is 1. The van der Waals surface area contributed by atoms with E-state index in [1.54, 1.807) is 45.4 Å². The van der Waals surface area contributed by atoms with Crippen LogP contribution in [0.1, 0.15) is 23.7 Å². The first-order valence-electron chi connectivity index (χ1n) is 10.3. The average Bonchev–Trinajstić information content (AvgIpc) is 3.27. The molecule has 4 aromatic rings. The second kappa shape index (κ2) is 9.38. The molecule has 10 heteroatoms. The first-order valence-corrected chi connectivity index (χ1v) is 11.1. The van der Waals surface area contributed by atoms with Crippen molar-refractivity contribution in [3.63, 3.8) is 0 Å². The van der Waals surface area contributed by atoms with E-state index in [1.165, 1.54) is 23.5 Å². The second-order valence-electron chi connectivity index (χ2n) is 7.46. The summed E-state index contributed by atoms with van der Waals surface area (Å²) in [6.07, 6.45) is -4.76. The number of hydrogen-bond donors (Lipinski definition) is 1. The van der Waals surface area contributed by atoms with Crippen molar-refractivity contribution in [3.8, 4) is 27.7 Å². The lowest BCUT2D eigenvalue weighted by molar-refractivity contribution is -0.274. The number of fused-ring (bicyclic) bond motifs is 1. The van der Waals surface area contributed by atoms with Crippen LogP contribution in [0.5, 0.6) is 17.2 Å². The number of anilines is 1. The topological polar surface area (TPSA) is 65.5 Å². The van der Waals surface area contributed by atoms with Crippen LogP contribution in [-0.4, -0.2) is 30.5 Å². The summed E-state index contributed by atoms with van der Waals surface area (Å²) in [5, 5.41) is 4.16. The van der Waals surface area contributed by atoms with Gasteiger partial charge in [-0.2, -0.15) is 0 Å². The monoisotopic (exact) mass is 489 g/mol. The Morgan fingerprint density at radius 2 is 1.65 bits per heavy atom. The van der Waals surface area contributed by atoms with Gasteiger partial charge in [0.1, 0.15) is 17.4 Å². The van der Waals surface area contributed by atoms with E-state index in [1.807, 2.05) is 19.1 Å². The summed E-state index contributed by atoms with van der Waals surface area (Å²) in [4.78, 5) is 10.6. The van der Waals surface area contributed by atoms with Gasteiger partial charge in [0, 0.05) is 26.8 Å². The van der Waals surface area contributed by atoms with Crippen LogP contribution < -0.4 is 19.5 Å². The van der Waals surface area contributed by atoms with Crippen LogP contribution >= 0.6 is 11.3 Å². The third-order valence-corrected chi connectivity index (χ3v) is 6.40. The summed E-state index contributed by atoms with van der Waals surface area (Å²) in [7, 11) is 3.12. The highest BCUT2D eigenvalue weighted by atomic mass is 32.1. The number of rotatable bonds is 7. The van der Waals surface area contributed by atoms with Crippen LogP contribution in [-0.2, 0) is 0 Å². The van der Waals surface area contributed by atoms with E-state index in [9.17, 15) is 13.2 Å². The minimum Gasteiger partial charge on any atom is -0.493 e. The quantitative estimate of drug-likeness (QED) is 0.310. The SMILES string of the molecule is COc1cc2nc(C)nc(NC(C)c3ccc(-c4ccccc4OC(F)(F)F)s3)c2cc1OC. The lowest BCUT2D eigenvalue weighted by Crippen LogP contribution is -2.17. The zero-order chi connectivity index (χ0) is 24.5. The Morgan fingerprint density at radius 1 is 0.941 bits per heavy atom. The van der Waals surface area contributed by atoms with Crippen molar-refractivity contribution in [2.45, 2.75) is 26.3 Å². The largest absolute Gasteiger partial charge is 0.573 e. The molecular formula is C24H22F3N3O3S. The van der Waals surface area contributed by atoms with E-state index in [0.29, 0.717) is 39.1 Å². The molecule has 1 N–H and O–H groups in total. The van der Waals surface area contributed by atoms with Crippen molar-refractivity contribution in [2.24, 2.45) is 0 Å². The number of halogens is 3. The molecule has 178 valence electrons. The van der Waals surface area contributed by atoms with Crippen molar-refractivity contribution in [3.05, 3.63) is 59.2 Å². The van der Waals surface area contributed by atoms with Gasteiger partial charge in [-0.05, 0) is 44.2 Å². The third-order valence-electron chi connectivity index (χ3n) is 5.10. The molecule has 0 amide bonds. The molecule has 0 bridgehead atoms. The van der Waals surface area contributed by atoms with Gasteiger partial charge in [0.2, 0.25) is 0 Å². The van der Waals surface area contributed by atoms with Crippen molar-refractivity contribution >= 4 is 28.1 Å². The van der Waals surface area contributed by atoms with E-state index >= 15 is 0 Å². The Balaban J connectivity index is 1.65. The van der Waals surface area contributed by atoms with E-state index in [2.05, 4.69) is 20.0 Å². The predicted octanol–water partition coefficient (Wildman–Crippen LogP) is 6.76. The highest BCUT2D eigenvalue weighted by Gasteiger charge is 2.32. The summed E-state index contributed by atoms with van der Waals surface area (Å²) in [5.41, 5.74) is 1.08. The Morgan fingerprint density at radius 3 is 2.35 bits per heavy atom. The number of aromatic nitrogens is 2. The second-order valence-corrected chi connectivity index (χ2v) is 8.57. The number of methoxy groups -OCH3 is 2. The average molecular weight is 490 g/mol. The molecule has 0 aliphatic rings. The fourth-order valence-electron chi connectivity index (χ4n) is 3.57. The van der Waals surface area contributed by atoms with Gasteiger partial charge in [-0.3, -0.25) is 0 Å². The van der Waals surface area contributed by atoms with Gasteiger partial charge in [0.05, 0.1) is 25.8 Å². The van der Waals surface area contributed by atoms with Crippen LogP contribution in [0.15, 0.2) is 48.5 Å². The van der Waals surface area contributed by atoms with E-state index < -0.39 is 6.36 Å². The molecule has 0 saturated heterocycles. The maximum absolute atomic E-state index is 12.8. The number of benzene rings is 2. The highest BCUT2D eigenvalue weighted by molar-refractivity contribution is 7.15. The van der Waals surface area contributed by atoms with Gasteiger partial charge in [0.15, 0.2) is 11.5 Å². The zero-order valence-electron chi connectivity index (χ0n) is 18.9. The molecule has 0 aliphatic carbocycles. The molecule has 0 aliphatic heterocycles. The molecule has 0 saturated carbocycles. The van der Waals surface area contributed by atoms with Crippen molar-refractivity contribution in [2.75, 3.05) is 19.5 Å². The minimum atomic E-state index is -4.76. The maximum atomic E-state index is 12.8. The number of thiophene rings is 1. The van der Waals surface area contributed by atoms with Gasteiger partial charge >= 0.3 is 6.36 Å². The molecule has 6 nitrogen and oxygen atoms in total. The summed E-state index contributed by atoms with van der Waals surface area (Å²) in [5.74, 6) is 2.08. The number of hydrogen-bond acceptors (Lipinski definition) is 7. The Kier molecular flexibility index (Phi) is 6.52. The fraction of sp³-hybridized carbons (Fsp3) is 0.250. The summed E-state index contributed by atoms with van der Waals surface area (Å²) >= 11 is 1.38. The lowest BCUT2D eigenvalue weighted by Gasteiger charge is -2.17. The van der Waals surface area contributed by atoms with E-state index in [0.717, 1.165) is 10.3 Å². The lowest BCUT2D eigenvalue weighted by atomic mass is 10.1. The number of nitrogens with one attached hydrogen (secondary N) is 1. The van der Waals surface area contributed by atoms with Crippen LogP contribution in [0.3, 0.4) is 0 Å². The zero-order valence-corrected chi connectivity index (χ0v) is 19.7. The first-order chi connectivity index (χ1) is 16.2. The Bertz CT molecular complexity index is 1320. The molecule has 1 atom stereocenters. The maximum Gasteiger partial charge on any atom is 0.573 e. The number of alkyl halides is 3. The Labute approximate surface area is 198 Å². The molecule has 0 radical (unpaired) electrons. The molecule has 2 aromatic heterocycles. The van der Waals surface area contributed by atoms with Gasteiger partial charge in [0.25, 0.3) is 0 Å². The van der Waals surface area contributed by atoms with Gasteiger partial charge in [-0.1, -0.05) is 12.1 Å². The molecule has 0 fully saturated rings. The van der Waals surface area contributed by atoms with Gasteiger partial charge < -0.3 is 19.5 Å². The van der Waals surface area contributed by atoms with Crippen molar-refractivity contribution in [1.29, 1.82) is 0 Å². The number of para-hydroxylation sites is 1. The number of ether oxygens (including phenoxy) is 3. The fourth-order valence-corrected chi connectivity index (χ4v) is 4.61. The Hall–Kier alpha value is -3.53. The summed E-state index contributed by atoms with van der Waals surface area (Å²) in [6, 6.07) is 13.2. The van der Waals surface area contributed by atoms with Crippen molar-refractivity contribution in [1.82, 2.24) is 9.97 Å². The normalized spacial score (nSPS) is 12.4.